The molecule has 1 saturated heterocycles. The average molecular weight is 283 g/mol. The van der Waals surface area contributed by atoms with E-state index in [0.29, 0.717) is 5.92 Å². The van der Waals surface area contributed by atoms with Gasteiger partial charge in [-0.05, 0) is 30.9 Å². The lowest BCUT2D eigenvalue weighted by molar-refractivity contribution is -0.128. The van der Waals surface area contributed by atoms with Gasteiger partial charge in [-0.3, -0.25) is 4.79 Å². The van der Waals surface area contributed by atoms with Gasteiger partial charge in [-0.1, -0.05) is 25.1 Å². The van der Waals surface area contributed by atoms with Crippen molar-refractivity contribution >= 4 is 11.6 Å². The zero-order valence-electron chi connectivity index (χ0n) is 12.6. The molecule has 1 aromatic rings. The van der Waals surface area contributed by atoms with E-state index in [1.165, 1.54) is 0 Å². The minimum atomic E-state index is -0.160. The van der Waals surface area contributed by atoms with E-state index in [9.17, 15) is 10.1 Å². The quantitative estimate of drug-likeness (QED) is 0.633. The minimum Gasteiger partial charge on any atom is -0.350 e. The van der Waals surface area contributed by atoms with Crippen molar-refractivity contribution in [2.24, 2.45) is 5.92 Å². The number of hydrogen-bond acceptors (Lipinski definition) is 3. The zero-order chi connectivity index (χ0) is 15.2. The molecule has 1 aliphatic rings. The van der Waals surface area contributed by atoms with Crippen LogP contribution in [0.25, 0.3) is 0 Å². The summed E-state index contributed by atoms with van der Waals surface area (Å²) in [6, 6.07) is 11.7. The normalized spacial score (nSPS) is 16.4. The largest absolute Gasteiger partial charge is 0.350 e. The molecule has 0 unspecified atom stereocenters. The van der Waals surface area contributed by atoms with Gasteiger partial charge in [0.15, 0.2) is 0 Å². The predicted molar refractivity (Wildman–Crippen MR) is 83.5 cm³/mol. The summed E-state index contributed by atoms with van der Waals surface area (Å²) in [6.45, 7) is 3.69. The molecule has 1 amide bonds. The molecule has 0 saturated carbocycles. The van der Waals surface area contributed by atoms with Crippen LogP contribution in [0.1, 0.15) is 19.8 Å². The van der Waals surface area contributed by atoms with Crippen LogP contribution in [0.5, 0.6) is 0 Å². The number of nitrogens with zero attached hydrogens (tertiary/aromatic N) is 3. The van der Waals surface area contributed by atoms with Gasteiger partial charge in [-0.25, -0.2) is 0 Å². The van der Waals surface area contributed by atoms with Crippen molar-refractivity contribution < 1.29 is 4.79 Å². The highest BCUT2D eigenvalue weighted by Crippen LogP contribution is 2.18. The Bertz CT molecular complexity index is 551. The Morgan fingerprint density at radius 1 is 1.33 bits per heavy atom. The van der Waals surface area contributed by atoms with Crippen molar-refractivity contribution in [1.82, 2.24) is 4.90 Å². The SMILES string of the molecule is CC1CCN(C(=O)/C(C#N)=C\N(C)c2ccccc2)CC1. The first-order valence-corrected chi connectivity index (χ1v) is 7.31. The van der Waals surface area contributed by atoms with Crippen molar-refractivity contribution in [3.8, 4) is 6.07 Å². The number of anilines is 1. The van der Waals surface area contributed by atoms with Crippen molar-refractivity contribution in [3.05, 3.63) is 42.1 Å². The lowest BCUT2D eigenvalue weighted by Crippen LogP contribution is -2.38. The summed E-state index contributed by atoms with van der Waals surface area (Å²) in [5.41, 5.74) is 1.14. The fourth-order valence-electron chi connectivity index (χ4n) is 2.45. The molecule has 0 atom stereocenters. The molecule has 21 heavy (non-hydrogen) atoms. The molecule has 0 bridgehead atoms. The lowest BCUT2D eigenvalue weighted by atomic mass is 9.99. The molecule has 4 heteroatoms. The van der Waals surface area contributed by atoms with E-state index in [1.807, 2.05) is 48.3 Å². The van der Waals surface area contributed by atoms with Crippen molar-refractivity contribution in [2.75, 3.05) is 25.0 Å². The van der Waals surface area contributed by atoms with E-state index >= 15 is 0 Å². The average Bonchev–Trinajstić information content (AvgIpc) is 2.53. The predicted octanol–water partition coefficient (Wildman–Crippen LogP) is 2.79. The van der Waals surface area contributed by atoms with Gasteiger partial charge >= 0.3 is 0 Å². The molecular formula is C17H21N3O. The third-order valence-corrected chi connectivity index (χ3v) is 3.91. The molecule has 0 aliphatic carbocycles. The van der Waals surface area contributed by atoms with Crippen molar-refractivity contribution in [3.63, 3.8) is 0 Å². The fraction of sp³-hybridized carbons (Fsp3) is 0.412. The third kappa shape index (κ3) is 3.85. The van der Waals surface area contributed by atoms with Crippen molar-refractivity contribution in [2.45, 2.75) is 19.8 Å². The highest BCUT2D eigenvalue weighted by atomic mass is 16.2. The molecule has 2 rings (SSSR count). The number of rotatable bonds is 3. The van der Waals surface area contributed by atoms with Gasteiger partial charge < -0.3 is 9.80 Å². The molecule has 0 radical (unpaired) electrons. The summed E-state index contributed by atoms with van der Waals surface area (Å²) in [4.78, 5) is 16.0. The number of nitriles is 1. The lowest BCUT2D eigenvalue weighted by Gasteiger charge is -2.30. The van der Waals surface area contributed by atoms with Crippen LogP contribution in [0.15, 0.2) is 42.1 Å². The number of carbonyl (C=O) groups excluding carboxylic acids is 1. The van der Waals surface area contributed by atoms with Crippen molar-refractivity contribution in [1.29, 1.82) is 5.26 Å². The number of benzene rings is 1. The summed E-state index contributed by atoms with van der Waals surface area (Å²) in [6.07, 6.45) is 3.65. The van der Waals surface area contributed by atoms with Crippen LogP contribution in [0.4, 0.5) is 5.69 Å². The molecule has 1 aromatic carbocycles. The van der Waals surface area contributed by atoms with E-state index in [4.69, 9.17) is 0 Å². The summed E-state index contributed by atoms with van der Waals surface area (Å²) >= 11 is 0. The van der Waals surface area contributed by atoms with E-state index in [1.54, 1.807) is 11.1 Å². The molecule has 0 spiro atoms. The van der Waals surface area contributed by atoms with Crippen LogP contribution in [-0.4, -0.2) is 30.9 Å². The second kappa shape index (κ2) is 6.94. The number of carbonyl (C=O) groups is 1. The fourth-order valence-corrected chi connectivity index (χ4v) is 2.45. The Kier molecular flexibility index (Phi) is 4.99. The van der Waals surface area contributed by atoms with E-state index in [0.717, 1.165) is 31.6 Å². The van der Waals surface area contributed by atoms with Crippen LogP contribution in [0, 0.1) is 17.2 Å². The topological polar surface area (TPSA) is 47.3 Å². The zero-order valence-corrected chi connectivity index (χ0v) is 12.6. The van der Waals surface area contributed by atoms with Gasteiger partial charge in [0.2, 0.25) is 0 Å². The minimum absolute atomic E-state index is 0.160. The Morgan fingerprint density at radius 2 is 1.95 bits per heavy atom. The maximum absolute atomic E-state index is 12.4. The standard InChI is InChI=1S/C17H21N3O/c1-14-8-10-20(11-9-14)17(21)15(12-18)13-19(2)16-6-4-3-5-7-16/h3-7,13-14H,8-11H2,1-2H3/b15-13-. The van der Waals surface area contributed by atoms with E-state index in [2.05, 4.69) is 6.92 Å². The number of likely N-dealkylation sites (tertiary alicyclic amines) is 1. The number of para-hydroxylation sites is 1. The Morgan fingerprint density at radius 3 is 2.52 bits per heavy atom. The van der Waals surface area contributed by atoms with Gasteiger partial charge in [-0.15, -0.1) is 0 Å². The highest BCUT2D eigenvalue weighted by Gasteiger charge is 2.23. The Hall–Kier alpha value is -2.28. The van der Waals surface area contributed by atoms with Crippen LogP contribution >= 0.6 is 0 Å². The molecule has 1 aliphatic heterocycles. The first kappa shape index (κ1) is 15.1. The van der Waals surface area contributed by atoms with Crippen LogP contribution < -0.4 is 4.90 Å². The monoisotopic (exact) mass is 283 g/mol. The second-order valence-corrected chi connectivity index (χ2v) is 5.58. The van der Waals surface area contributed by atoms with Gasteiger partial charge in [-0.2, -0.15) is 5.26 Å². The molecule has 110 valence electrons. The van der Waals surface area contributed by atoms with Gasteiger partial charge in [0.25, 0.3) is 5.91 Å². The molecule has 4 nitrogen and oxygen atoms in total. The smallest absolute Gasteiger partial charge is 0.266 e. The Labute approximate surface area is 126 Å². The third-order valence-electron chi connectivity index (χ3n) is 3.91. The van der Waals surface area contributed by atoms with Crippen LogP contribution in [0.3, 0.4) is 0 Å². The first-order valence-electron chi connectivity index (χ1n) is 7.31. The summed E-state index contributed by atoms with van der Waals surface area (Å²) in [5, 5.41) is 9.28. The highest BCUT2D eigenvalue weighted by molar-refractivity contribution is 5.97. The second-order valence-electron chi connectivity index (χ2n) is 5.58. The number of amides is 1. The van der Waals surface area contributed by atoms with Gasteiger partial charge in [0.1, 0.15) is 11.6 Å². The number of piperidine rings is 1. The molecule has 0 aromatic heterocycles. The van der Waals surface area contributed by atoms with Crippen LogP contribution in [-0.2, 0) is 4.79 Å². The molecule has 1 fully saturated rings. The summed E-state index contributed by atoms with van der Waals surface area (Å²) in [7, 11) is 1.85. The molecule has 0 N–H and O–H groups in total. The Balaban J connectivity index is 2.10. The molecular weight excluding hydrogens is 262 g/mol. The van der Waals surface area contributed by atoms with Gasteiger partial charge in [0.05, 0.1) is 0 Å². The van der Waals surface area contributed by atoms with Gasteiger partial charge in [0, 0.05) is 32.0 Å². The maximum Gasteiger partial charge on any atom is 0.266 e. The summed E-state index contributed by atoms with van der Waals surface area (Å²) in [5.74, 6) is 0.503. The molecule has 1 heterocycles. The maximum atomic E-state index is 12.4. The first-order chi connectivity index (χ1) is 10.1. The number of hydrogen-bond donors (Lipinski definition) is 0. The van der Waals surface area contributed by atoms with E-state index in [-0.39, 0.29) is 11.5 Å². The van der Waals surface area contributed by atoms with Crippen LogP contribution in [0.2, 0.25) is 0 Å². The summed E-state index contributed by atoms with van der Waals surface area (Å²) < 4.78 is 0. The van der Waals surface area contributed by atoms with E-state index < -0.39 is 0 Å².